The largest absolute Gasteiger partial charge is 0.507 e. The lowest BCUT2D eigenvalue weighted by Gasteiger charge is -2.11. The predicted octanol–water partition coefficient (Wildman–Crippen LogP) is 3.20. The van der Waals surface area contributed by atoms with Crippen molar-refractivity contribution in [1.29, 1.82) is 0 Å². The number of rotatable bonds is 2. The molecule has 0 aromatic heterocycles. The molecule has 0 spiro atoms. The lowest BCUT2D eigenvalue weighted by atomic mass is 10.0. The highest BCUT2D eigenvalue weighted by Gasteiger charge is 2.19. The van der Waals surface area contributed by atoms with Crippen LogP contribution < -0.4 is 10.9 Å². The Labute approximate surface area is 118 Å². The summed E-state index contributed by atoms with van der Waals surface area (Å²) in [6.07, 6.45) is 2.10. The lowest BCUT2D eigenvalue weighted by Crippen LogP contribution is -2.26. The summed E-state index contributed by atoms with van der Waals surface area (Å²) in [5.74, 6) is 0.338. The van der Waals surface area contributed by atoms with Crippen LogP contribution in [0, 0.1) is 13.8 Å². The fraction of sp³-hybridized carbons (Fsp3) is 0.176. The highest BCUT2D eigenvalue weighted by atomic mass is 16.3. The summed E-state index contributed by atoms with van der Waals surface area (Å²) in [5.41, 5.74) is 11.4. The van der Waals surface area contributed by atoms with Crippen molar-refractivity contribution in [3.8, 4) is 5.75 Å². The van der Waals surface area contributed by atoms with Crippen LogP contribution in [0.4, 0.5) is 0 Å². The Morgan fingerprint density at radius 1 is 1.05 bits per heavy atom. The zero-order chi connectivity index (χ0) is 14.1. The highest BCUT2D eigenvalue weighted by molar-refractivity contribution is 5.72. The van der Waals surface area contributed by atoms with E-state index in [2.05, 4.69) is 29.1 Å². The van der Waals surface area contributed by atoms with Crippen molar-refractivity contribution in [3.05, 3.63) is 70.8 Å². The third kappa shape index (κ3) is 2.28. The zero-order valence-corrected chi connectivity index (χ0v) is 11.6. The first kappa shape index (κ1) is 12.8. The smallest absolute Gasteiger partial charge is 0.127 e. The van der Waals surface area contributed by atoms with Gasteiger partial charge < -0.3 is 10.5 Å². The predicted molar refractivity (Wildman–Crippen MR) is 81.0 cm³/mol. The Kier molecular flexibility index (Phi) is 3.20. The summed E-state index contributed by atoms with van der Waals surface area (Å²) in [6.45, 7) is 3.96. The molecule has 0 saturated carbocycles. The number of phenolic OH excluding ortho intramolecular Hbond substituents is 1. The van der Waals surface area contributed by atoms with E-state index in [9.17, 15) is 5.11 Å². The van der Waals surface area contributed by atoms with Gasteiger partial charge in [-0.2, -0.15) is 0 Å². The van der Waals surface area contributed by atoms with Crippen LogP contribution >= 0.6 is 0 Å². The molecule has 0 amide bonds. The van der Waals surface area contributed by atoms with Gasteiger partial charge >= 0.3 is 0 Å². The molecule has 0 fully saturated rings. The summed E-state index contributed by atoms with van der Waals surface area (Å²) < 4.78 is 0. The van der Waals surface area contributed by atoms with Crippen LogP contribution in [0.3, 0.4) is 0 Å². The summed E-state index contributed by atoms with van der Waals surface area (Å²) in [4.78, 5) is 0. The van der Waals surface area contributed by atoms with Crippen LogP contribution in [0.2, 0.25) is 0 Å². The van der Waals surface area contributed by atoms with Gasteiger partial charge in [-0.25, -0.2) is 5.43 Å². The van der Waals surface area contributed by atoms with Crippen LogP contribution in [-0.2, 0) is 0 Å². The second-order valence-electron chi connectivity index (χ2n) is 5.22. The first-order chi connectivity index (χ1) is 9.65. The van der Waals surface area contributed by atoms with E-state index in [4.69, 9.17) is 0 Å². The average Bonchev–Trinajstić information content (AvgIpc) is 2.93. The summed E-state index contributed by atoms with van der Waals surface area (Å²) >= 11 is 0. The molecule has 1 heterocycles. The van der Waals surface area contributed by atoms with Crippen molar-refractivity contribution in [1.82, 2.24) is 10.9 Å². The third-order valence-electron chi connectivity index (χ3n) is 3.59. The van der Waals surface area contributed by atoms with Crippen LogP contribution in [0.5, 0.6) is 5.75 Å². The standard InChI is InChI=1S/C17H18N2O/c1-11-8-12(2)17(20)14(9-11)16-10-15(18-19-16)13-6-4-3-5-7-13/h3-10,15,18-20H,1-2H3. The van der Waals surface area contributed by atoms with Gasteiger partial charge in [0.25, 0.3) is 0 Å². The van der Waals surface area contributed by atoms with E-state index in [-0.39, 0.29) is 6.04 Å². The van der Waals surface area contributed by atoms with Crippen molar-refractivity contribution >= 4 is 5.70 Å². The molecule has 0 aliphatic carbocycles. The zero-order valence-electron chi connectivity index (χ0n) is 11.6. The molecular weight excluding hydrogens is 248 g/mol. The van der Waals surface area contributed by atoms with Gasteiger partial charge in [0.1, 0.15) is 5.75 Å². The molecule has 2 aromatic carbocycles. The van der Waals surface area contributed by atoms with Gasteiger partial charge in [-0.05, 0) is 42.7 Å². The fourth-order valence-corrected chi connectivity index (χ4v) is 2.57. The second kappa shape index (κ2) is 5.02. The summed E-state index contributed by atoms with van der Waals surface area (Å²) in [5, 5.41) is 10.2. The minimum atomic E-state index is 0.117. The van der Waals surface area contributed by atoms with Crippen molar-refractivity contribution in [2.75, 3.05) is 0 Å². The number of benzene rings is 2. The molecule has 0 bridgehead atoms. The van der Waals surface area contributed by atoms with Crippen molar-refractivity contribution in [2.45, 2.75) is 19.9 Å². The number of phenols is 1. The third-order valence-corrected chi connectivity index (χ3v) is 3.59. The Morgan fingerprint density at radius 2 is 1.80 bits per heavy atom. The van der Waals surface area contributed by atoms with E-state index < -0.39 is 0 Å². The molecule has 1 unspecified atom stereocenters. The van der Waals surface area contributed by atoms with E-state index in [0.29, 0.717) is 5.75 Å². The van der Waals surface area contributed by atoms with E-state index >= 15 is 0 Å². The van der Waals surface area contributed by atoms with Crippen LogP contribution in [0.25, 0.3) is 5.70 Å². The van der Waals surface area contributed by atoms with E-state index in [1.165, 1.54) is 5.56 Å². The number of hydrogen-bond donors (Lipinski definition) is 3. The Balaban J connectivity index is 1.97. The van der Waals surface area contributed by atoms with E-state index in [1.807, 2.05) is 44.2 Å². The Bertz CT molecular complexity index is 662. The first-order valence-electron chi connectivity index (χ1n) is 6.74. The number of nitrogens with one attached hydrogen (secondary N) is 2. The fourth-order valence-electron chi connectivity index (χ4n) is 2.57. The van der Waals surface area contributed by atoms with Gasteiger partial charge in [0.05, 0.1) is 11.7 Å². The van der Waals surface area contributed by atoms with Crippen molar-refractivity contribution in [2.24, 2.45) is 0 Å². The Morgan fingerprint density at radius 3 is 2.55 bits per heavy atom. The van der Waals surface area contributed by atoms with Crippen LogP contribution in [-0.4, -0.2) is 5.11 Å². The molecule has 3 heteroatoms. The average molecular weight is 266 g/mol. The quantitative estimate of drug-likeness (QED) is 0.782. The normalized spacial score (nSPS) is 17.7. The molecule has 1 aliphatic heterocycles. The molecule has 0 radical (unpaired) electrons. The van der Waals surface area contributed by atoms with Gasteiger partial charge in [-0.1, -0.05) is 36.4 Å². The molecule has 3 rings (SSSR count). The second-order valence-corrected chi connectivity index (χ2v) is 5.22. The van der Waals surface area contributed by atoms with Gasteiger partial charge in [0.15, 0.2) is 0 Å². The summed E-state index contributed by atoms with van der Waals surface area (Å²) in [6, 6.07) is 14.3. The molecule has 102 valence electrons. The maximum Gasteiger partial charge on any atom is 0.127 e. The first-order valence-corrected chi connectivity index (χ1v) is 6.74. The topological polar surface area (TPSA) is 44.3 Å². The maximum absolute atomic E-state index is 10.2. The Hall–Kier alpha value is -2.26. The number of hydrogen-bond acceptors (Lipinski definition) is 3. The molecular formula is C17H18N2O. The van der Waals surface area contributed by atoms with Gasteiger partial charge in [0, 0.05) is 5.56 Å². The number of aryl methyl sites for hydroxylation is 2. The molecule has 3 nitrogen and oxygen atoms in total. The van der Waals surface area contributed by atoms with Gasteiger partial charge in [-0.15, -0.1) is 0 Å². The number of aromatic hydroxyl groups is 1. The molecule has 0 saturated heterocycles. The van der Waals surface area contributed by atoms with E-state index in [1.54, 1.807) is 0 Å². The van der Waals surface area contributed by atoms with Crippen LogP contribution in [0.1, 0.15) is 28.3 Å². The number of hydrazine groups is 1. The van der Waals surface area contributed by atoms with Gasteiger partial charge in [-0.3, -0.25) is 0 Å². The monoisotopic (exact) mass is 266 g/mol. The minimum Gasteiger partial charge on any atom is -0.507 e. The molecule has 2 aromatic rings. The lowest BCUT2D eigenvalue weighted by molar-refractivity contribution is 0.468. The maximum atomic E-state index is 10.2. The van der Waals surface area contributed by atoms with Crippen molar-refractivity contribution < 1.29 is 5.11 Å². The highest BCUT2D eigenvalue weighted by Crippen LogP contribution is 2.32. The molecule has 3 N–H and O–H groups in total. The van der Waals surface area contributed by atoms with Gasteiger partial charge in [0.2, 0.25) is 0 Å². The molecule has 20 heavy (non-hydrogen) atoms. The van der Waals surface area contributed by atoms with Crippen molar-refractivity contribution in [3.63, 3.8) is 0 Å². The minimum absolute atomic E-state index is 0.117. The van der Waals surface area contributed by atoms with E-state index in [0.717, 1.165) is 22.4 Å². The molecule has 1 atom stereocenters. The van der Waals surface area contributed by atoms with Crippen LogP contribution in [0.15, 0.2) is 48.5 Å². The molecule has 1 aliphatic rings. The SMILES string of the molecule is Cc1cc(C)c(O)c(C2=CC(c3ccccc3)NN2)c1. The summed E-state index contributed by atoms with van der Waals surface area (Å²) in [7, 11) is 0.